The first-order chi connectivity index (χ1) is 5.70. The van der Waals surface area contributed by atoms with Crippen molar-refractivity contribution in [1.29, 1.82) is 0 Å². The summed E-state index contributed by atoms with van der Waals surface area (Å²) in [5.74, 6) is 0. The normalized spacial score (nSPS) is 18.1. The van der Waals surface area contributed by atoms with Crippen molar-refractivity contribution in [2.45, 2.75) is 6.61 Å². The minimum absolute atomic E-state index is 0.311. The smallest absolute Gasteiger partial charge is 0.386 e. The van der Waals surface area contributed by atoms with Crippen molar-refractivity contribution in [3.8, 4) is 0 Å². The van der Waals surface area contributed by atoms with Crippen LogP contribution in [-0.4, -0.2) is 43.9 Å². The SMILES string of the molecule is O=C(OC(F)F)N1CCOCC1. The highest BCUT2D eigenvalue weighted by molar-refractivity contribution is 5.67. The summed E-state index contributed by atoms with van der Waals surface area (Å²) >= 11 is 0. The molecular formula is C6H9F2NO3. The van der Waals surface area contributed by atoms with E-state index in [2.05, 4.69) is 4.74 Å². The number of nitrogens with zero attached hydrogens (tertiary/aromatic N) is 1. The molecule has 1 fully saturated rings. The van der Waals surface area contributed by atoms with Crippen molar-refractivity contribution in [1.82, 2.24) is 4.90 Å². The van der Waals surface area contributed by atoms with E-state index in [9.17, 15) is 13.6 Å². The zero-order chi connectivity index (χ0) is 8.97. The predicted octanol–water partition coefficient (Wildman–Crippen LogP) is 0.678. The van der Waals surface area contributed by atoms with Crippen LogP contribution in [0.1, 0.15) is 0 Å². The van der Waals surface area contributed by atoms with E-state index in [1.54, 1.807) is 0 Å². The molecule has 4 nitrogen and oxygen atoms in total. The molecular weight excluding hydrogens is 172 g/mol. The highest BCUT2D eigenvalue weighted by Crippen LogP contribution is 2.03. The number of morpholine rings is 1. The third kappa shape index (κ3) is 2.61. The van der Waals surface area contributed by atoms with Gasteiger partial charge >= 0.3 is 12.7 Å². The number of carbonyl (C=O) groups is 1. The molecule has 0 atom stereocenters. The summed E-state index contributed by atoms with van der Waals surface area (Å²) in [6.07, 6.45) is -0.978. The highest BCUT2D eigenvalue weighted by atomic mass is 19.3. The molecule has 0 unspecified atom stereocenters. The number of amides is 1. The Bertz CT molecular complexity index is 159. The van der Waals surface area contributed by atoms with Gasteiger partial charge in [-0.1, -0.05) is 0 Å². The molecule has 1 amide bonds. The zero-order valence-electron chi connectivity index (χ0n) is 6.33. The number of hydrogen-bond donors (Lipinski definition) is 0. The Morgan fingerprint density at radius 1 is 1.42 bits per heavy atom. The van der Waals surface area contributed by atoms with Crippen LogP contribution in [0.3, 0.4) is 0 Å². The van der Waals surface area contributed by atoms with E-state index >= 15 is 0 Å². The largest absolute Gasteiger partial charge is 0.414 e. The lowest BCUT2D eigenvalue weighted by atomic mass is 10.5. The average Bonchev–Trinajstić information content (AvgIpc) is 2.05. The summed E-state index contributed by atoms with van der Waals surface area (Å²) in [6.45, 7) is -1.67. The van der Waals surface area contributed by atoms with Gasteiger partial charge in [-0.2, -0.15) is 8.78 Å². The van der Waals surface area contributed by atoms with E-state index in [1.165, 1.54) is 4.90 Å². The second-order valence-electron chi connectivity index (χ2n) is 2.24. The van der Waals surface area contributed by atoms with Crippen molar-refractivity contribution in [2.24, 2.45) is 0 Å². The van der Waals surface area contributed by atoms with Crippen molar-refractivity contribution < 1.29 is 23.0 Å². The lowest BCUT2D eigenvalue weighted by Gasteiger charge is -2.25. The van der Waals surface area contributed by atoms with Crippen LogP contribution in [0.15, 0.2) is 0 Å². The number of rotatable bonds is 1. The number of alkyl halides is 2. The van der Waals surface area contributed by atoms with Gasteiger partial charge < -0.3 is 14.4 Å². The van der Waals surface area contributed by atoms with E-state index < -0.39 is 12.7 Å². The first kappa shape index (κ1) is 9.18. The molecule has 0 aromatic heterocycles. The summed E-state index contributed by atoms with van der Waals surface area (Å²) < 4.78 is 31.7. The first-order valence-electron chi connectivity index (χ1n) is 3.51. The number of halogens is 2. The van der Waals surface area contributed by atoms with Gasteiger partial charge in [0, 0.05) is 13.1 Å². The van der Waals surface area contributed by atoms with Crippen LogP contribution >= 0.6 is 0 Å². The molecule has 1 rings (SSSR count). The summed E-state index contributed by atoms with van der Waals surface area (Å²) in [7, 11) is 0. The molecule has 0 bridgehead atoms. The van der Waals surface area contributed by atoms with Gasteiger partial charge in [0.25, 0.3) is 0 Å². The lowest BCUT2D eigenvalue weighted by Crippen LogP contribution is -2.41. The van der Waals surface area contributed by atoms with Gasteiger partial charge in [0.2, 0.25) is 0 Å². The molecule has 12 heavy (non-hydrogen) atoms. The van der Waals surface area contributed by atoms with Gasteiger partial charge in [0.15, 0.2) is 0 Å². The van der Waals surface area contributed by atoms with Crippen LogP contribution < -0.4 is 0 Å². The van der Waals surface area contributed by atoms with Crippen molar-refractivity contribution in [3.05, 3.63) is 0 Å². The first-order valence-corrected chi connectivity index (χ1v) is 3.51. The highest BCUT2D eigenvalue weighted by Gasteiger charge is 2.20. The third-order valence-electron chi connectivity index (χ3n) is 1.46. The Balaban J connectivity index is 2.30. The molecule has 1 saturated heterocycles. The molecule has 0 aromatic rings. The molecule has 1 aliphatic rings. The molecule has 1 heterocycles. The maximum atomic E-state index is 11.5. The molecule has 0 saturated carbocycles. The van der Waals surface area contributed by atoms with Crippen LogP contribution in [0.25, 0.3) is 0 Å². The standard InChI is InChI=1S/C6H9F2NO3/c7-5(8)12-6(10)9-1-3-11-4-2-9/h5H,1-4H2. The van der Waals surface area contributed by atoms with Gasteiger partial charge in [0.05, 0.1) is 13.2 Å². The summed E-state index contributed by atoms with van der Waals surface area (Å²) in [4.78, 5) is 12.0. The lowest BCUT2D eigenvalue weighted by molar-refractivity contribution is -0.0975. The van der Waals surface area contributed by atoms with E-state index in [-0.39, 0.29) is 0 Å². The monoisotopic (exact) mass is 181 g/mol. The Kier molecular flexibility index (Phi) is 3.21. The van der Waals surface area contributed by atoms with E-state index in [0.29, 0.717) is 26.3 Å². The molecule has 6 heteroatoms. The predicted molar refractivity (Wildman–Crippen MR) is 34.9 cm³/mol. The van der Waals surface area contributed by atoms with Crippen LogP contribution in [0.4, 0.5) is 13.6 Å². The fourth-order valence-electron chi connectivity index (χ4n) is 0.897. The number of ether oxygens (including phenoxy) is 2. The Labute approximate surface area is 68.0 Å². The molecule has 0 aromatic carbocycles. The van der Waals surface area contributed by atoms with Crippen molar-refractivity contribution in [2.75, 3.05) is 26.3 Å². The maximum absolute atomic E-state index is 11.5. The van der Waals surface area contributed by atoms with Gasteiger partial charge in [-0.05, 0) is 0 Å². The topological polar surface area (TPSA) is 38.8 Å². The molecule has 70 valence electrons. The minimum atomic E-state index is -3.04. The van der Waals surface area contributed by atoms with Crippen LogP contribution in [-0.2, 0) is 9.47 Å². The second kappa shape index (κ2) is 4.20. The second-order valence-corrected chi connectivity index (χ2v) is 2.24. The van der Waals surface area contributed by atoms with E-state index in [0.717, 1.165) is 0 Å². The van der Waals surface area contributed by atoms with Crippen molar-refractivity contribution in [3.63, 3.8) is 0 Å². The summed E-state index contributed by atoms with van der Waals surface area (Å²) in [6, 6.07) is 0. The van der Waals surface area contributed by atoms with Crippen LogP contribution in [0.2, 0.25) is 0 Å². The van der Waals surface area contributed by atoms with E-state index in [1.807, 2.05) is 0 Å². The summed E-state index contributed by atoms with van der Waals surface area (Å²) in [5.41, 5.74) is 0. The maximum Gasteiger partial charge on any atom is 0.414 e. The minimum Gasteiger partial charge on any atom is -0.386 e. The van der Waals surface area contributed by atoms with Gasteiger partial charge in [-0.25, -0.2) is 4.79 Å². The number of carbonyl (C=O) groups excluding carboxylic acids is 1. The Morgan fingerprint density at radius 3 is 2.50 bits per heavy atom. The zero-order valence-corrected chi connectivity index (χ0v) is 6.33. The number of hydrogen-bond acceptors (Lipinski definition) is 3. The average molecular weight is 181 g/mol. The van der Waals surface area contributed by atoms with Gasteiger partial charge in [0.1, 0.15) is 0 Å². The fraction of sp³-hybridized carbons (Fsp3) is 0.833. The summed E-state index contributed by atoms with van der Waals surface area (Å²) in [5, 5.41) is 0. The van der Waals surface area contributed by atoms with E-state index in [4.69, 9.17) is 4.74 Å². The Hall–Kier alpha value is -0.910. The molecule has 0 spiro atoms. The molecule has 1 aliphatic heterocycles. The third-order valence-corrected chi connectivity index (χ3v) is 1.46. The van der Waals surface area contributed by atoms with Gasteiger partial charge in [-0.3, -0.25) is 0 Å². The van der Waals surface area contributed by atoms with Crippen molar-refractivity contribution >= 4 is 6.09 Å². The van der Waals surface area contributed by atoms with Crippen LogP contribution in [0.5, 0.6) is 0 Å². The quantitative estimate of drug-likeness (QED) is 0.597. The Morgan fingerprint density at radius 2 is 2.00 bits per heavy atom. The fourth-order valence-corrected chi connectivity index (χ4v) is 0.897. The van der Waals surface area contributed by atoms with Gasteiger partial charge in [-0.15, -0.1) is 0 Å². The molecule has 0 radical (unpaired) electrons. The molecule has 0 N–H and O–H groups in total. The molecule has 0 aliphatic carbocycles. The van der Waals surface area contributed by atoms with Crippen LogP contribution in [0, 0.1) is 0 Å².